The van der Waals surface area contributed by atoms with Crippen LogP contribution >= 0.6 is 43.2 Å². The number of aliphatic hydroxyl groups is 2. The van der Waals surface area contributed by atoms with Gasteiger partial charge in [0.05, 0.1) is 47.0 Å². The maximum atomic E-state index is 12.2. The maximum Gasteiger partial charge on any atom is 0.297 e. The molecule has 2 rings (SSSR count). The van der Waals surface area contributed by atoms with E-state index in [1.54, 1.807) is 38.1 Å². The first-order valence-electron chi connectivity index (χ1n) is 13.8. The molecule has 0 amide bonds. The van der Waals surface area contributed by atoms with Crippen molar-refractivity contribution in [2.45, 2.75) is 23.6 Å². The highest BCUT2D eigenvalue weighted by atomic mass is 33.1. The number of aryl methyl sites for hydroxylation is 2. The second kappa shape index (κ2) is 18.8. The molecule has 0 aliphatic rings. The fraction of sp³-hybridized carbons (Fsp3) is 0.455. The van der Waals surface area contributed by atoms with Gasteiger partial charge in [-0.05, 0) is 38.1 Å². The summed E-state index contributed by atoms with van der Waals surface area (Å²) in [7, 11) is -5.14. The summed E-state index contributed by atoms with van der Waals surface area (Å²) in [5.41, 5.74) is 1.67. The number of rotatable bonds is 16. The van der Waals surface area contributed by atoms with Gasteiger partial charge in [0.1, 0.15) is 0 Å². The molecule has 0 saturated carbocycles. The van der Waals surface area contributed by atoms with Gasteiger partial charge in [0, 0.05) is 23.0 Å². The molecule has 14 heteroatoms. The summed E-state index contributed by atoms with van der Waals surface area (Å²) < 4.78 is 116. The fourth-order valence-corrected chi connectivity index (χ4v) is 5.94. The van der Waals surface area contributed by atoms with Crippen molar-refractivity contribution in [3.63, 3.8) is 0 Å². The molecule has 0 radical (unpaired) electrons. The summed E-state index contributed by atoms with van der Waals surface area (Å²) in [6.07, 6.45) is 0. The molecule has 0 bridgehead atoms. The average Bonchev–Trinajstić information content (AvgIpc) is 2.83. The Morgan fingerprint density at radius 1 is 0.639 bits per heavy atom. The van der Waals surface area contributed by atoms with Crippen LogP contribution in [-0.2, 0) is 28.6 Å². The van der Waals surface area contributed by atoms with Crippen LogP contribution in [0.5, 0.6) is 0 Å². The van der Waals surface area contributed by atoms with Crippen molar-refractivity contribution in [3.05, 3.63) is 59.7 Å². The molecule has 0 aliphatic heterocycles. The minimum Gasteiger partial charge on any atom is -0.395 e. The van der Waals surface area contributed by atoms with Crippen LogP contribution < -0.4 is 0 Å². The summed E-state index contributed by atoms with van der Waals surface area (Å²) in [6.45, 7) is -6.05. The number of hydrogen-bond donors (Lipinski definition) is 2. The van der Waals surface area contributed by atoms with Gasteiger partial charge >= 0.3 is 0 Å². The van der Waals surface area contributed by atoms with E-state index in [1.807, 2.05) is 0 Å². The molecule has 2 aromatic carbocycles. The quantitative estimate of drug-likeness (QED) is 0.158. The Morgan fingerprint density at radius 2 is 0.944 bits per heavy atom. The monoisotopic (exact) mass is 624 g/mol. The first kappa shape index (κ1) is 22.4. The van der Waals surface area contributed by atoms with Gasteiger partial charge in [-0.25, -0.2) is 0 Å². The van der Waals surface area contributed by atoms with Crippen LogP contribution in [0.15, 0.2) is 58.3 Å². The first-order chi connectivity index (χ1) is 19.8. The molecule has 204 valence electrons. The van der Waals surface area contributed by atoms with Crippen LogP contribution in [-0.4, -0.2) is 76.3 Å². The number of benzene rings is 2. The van der Waals surface area contributed by atoms with Gasteiger partial charge in [-0.15, -0.1) is 0 Å². The lowest BCUT2D eigenvalue weighted by Crippen LogP contribution is -2.09. The molecule has 0 unspecified atom stereocenters. The lowest BCUT2D eigenvalue weighted by Gasteiger charge is -2.07. The SMILES string of the molecule is [2H]C([2H])(CSSCC([2H])([2H])OS(=O)(=O)c1ccc(C)cc1)OS(=O)(=O)c1ccc(C)cc1.[2H]C([2H])(O)CSSCC([2H])([2H])O. The van der Waals surface area contributed by atoms with Crippen molar-refractivity contribution in [1.29, 1.82) is 0 Å². The molecular formula is C22H32O8S6. The Kier molecular flexibility index (Phi) is 11.7. The van der Waals surface area contributed by atoms with E-state index in [-0.39, 0.29) is 21.3 Å². The molecule has 0 aliphatic carbocycles. The summed E-state index contributed by atoms with van der Waals surface area (Å²) in [5, 5.41) is 17.2. The first-order valence-corrected chi connectivity index (χ1v) is 17.6. The molecule has 0 aromatic heterocycles. The molecule has 2 aromatic rings. The Hall–Kier alpha value is -0.420. The standard InChI is InChI=1S/C18H22O6S4.C4H10O2S2/c1-15-3-7-17(8-4-15)27(19,20)23-11-13-25-26-14-12-24-28(21,22)18-9-5-16(2)6-10-18;5-1-3-7-8-4-2-6/h3-10H,11-14H2,1-2H3;5-6H,1-4H2/i11D2,12D2;1D2,2D2. The van der Waals surface area contributed by atoms with Crippen molar-refractivity contribution < 1.29 is 46.4 Å². The number of hydrogen-bond acceptors (Lipinski definition) is 12. The van der Waals surface area contributed by atoms with Crippen LogP contribution in [0.2, 0.25) is 0 Å². The molecule has 0 saturated heterocycles. The van der Waals surface area contributed by atoms with E-state index >= 15 is 0 Å². The molecule has 8 nitrogen and oxygen atoms in total. The zero-order valence-electron chi connectivity index (χ0n) is 27.2. The maximum absolute atomic E-state index is 12.2. The average molecular weight is 625 g/mol. The molecule has 2 N–H and O–H groups in total. The molecule has 36 heavy (non-hydrogen) atoms. The second-order valence-corrected chi connectivity index (χ2v) is 14.4. The summed E-state index contributed by atoms with van der Waals surface area (Å²) in [6, 6.07) is 11.5. The van der Waals surface area contributed by atoms with E-state index in [0.29, 0.717) is 0 Å². The third-order valence-corrected chi connectivity index (χ3v) is 9.69. The van der Waals surface area contributed by atoms with E-state index in [0.717, 1.165) is 54.3 Å². The Labute approximate surface area is 241 Å². The van der Waals surface area contributed by atoms with Crippen LogP contribution in [0.25, 0.3) is 0 Å². The molecular weight excluding hydrogens is 585 g/mol. The Bertz CT molecular complexity index is 1280. The van der Waals surface area contributed by atoms with Gasteiger partial charge in [-0.1, -0.05) is 78.6 Å². The van der Waals surface area contributed by atoms with Gasteiger partial charge in [0.25, 0.3) is 20.2 Å². The van der Waals surface area contributed by atoms with Gasteiger partial charge in [0.2, 0.25) is 0 Å². The molecule has 0 spiro atoms. The Balaban J connectivity index is 0.000000681. The van der Waals surface area contributed by atoms with Gasteiger partial charge in [-0.3, -0.25) is 8.37 Å². The molecule has 0 heterocycles. The van der Waals surface area contributed by atoms with Crippen molar-refractivity contribution in [2.24, 2.45) is 0 Å². The molecule has 0 fully saturated rings. The summed E-state index contributed by atoms with van der Waals surface area (Å²) in [4.78, 5) is -0.369. The minimum absolute atomic E-state index is 0.145. The third kappa shape index (κ3) is 14.5. The second-order valence-electron chi connectivity index (χ2n) is 6.35. The van der Waals surface area contributed by atoms with E-state index in [1.165, 1.54) is 24.3 Å². The van der Waals surface area contributed by atoms with Gasteiger partial charge in [-0.2, -0.15) is 16.8 Å². The smallest absolute Gasteiger partial charge is 0.297 e. The minimum atomic E-state index is -4.33. The predicted octanol–water partition coefficient (Wildman–Crippen LogP) is 4.15. The highest BCUT2D eigenvalue weighted by molar-refractivity contribution is 8.77. The van der Waals surface area contributed by atoms with Crippen LogP contribution in [0.1, 0.15) is 22.1 Å². The van der Waals surface area contributed by atoms with Crippen molar-refractivity contribution in [1.82, 2.24) is 0 Å². The van der Waals surface area contributed by atoms with E-state index in [9.17, 15) is 16.8 Å². The van der Waals surface area contributed by atoms with Crippen molar-refractivity contribution in [3.8, 4) is 0 Å². The normalized spacial score (nSPS) is 16.6. The largest absolute Gasteiger partial charge is 0.395 e. The fourth-order valence-electron chi connectivity index (χ4n) is 1.98. The topological polar surface area (TPSA) is 127 Å². The predicted molar refractivity (Wildman–Crippen MR) is 153 cm³/mol. The van der Waals surface area contributed by atoms with E-state index < -0.39 is 58.0 Å². The lowest BCUT2D eigenvalue weighted by atomic mass is 10.2. The van der Waals surface area contributed by atoms with Crippen molar-refractivity contribution in [2.75, 3.05) is 49.2 Å². The molecule has 0 atom stereocenters. The summed E-state index contributed by atoms with van der Waals surface area (Å²) in [5.74, 6) is -1.20. The zero-order chi connectivity index (χ0) is 34.0. The van der Waals surface area contributed by atoms with Crippen LogP contribution in [0, 0.1) is 13.8 Å². The van der Waals surface area contributed by atoms with Gasteiger partial charge < -0.3 is 10.2 Å². The van der Waals surface area contributed by atoms with Crippen LogP contribution in [0.3, 0.4) is 0 Å². The summed E-state index contributed by atoms with van der Waals surface area (Å²) >= 11 is 0. The van der Waals surface area contributed by atoms with E-state index in [2.05, 4.69) is 8.37 Å². The van der Waals surface area contributed by atoms with E-state index in [4.69, 9.17) is 21.2 Å². The highest BCUT2D eigenvalue weighted by Crippen LogP contribution is 2.22. The van der Waals surface area contributed by atoms with Crippen molar-refractivity contribution >= 4 is 63.4 Å². The zero-order valence-corrected chi connectivity index (χ0v) is 24.1. The highest BCUT2D eigenvalue weighted by Gasteiger charge is 2.15. The Morgan fingerprint density at radius 3 is 1.25 bits per heavy atom. The lowest BCUT2D eigenvalue weighted by molar-refractivity contribution is 0.322. The third-order valence-electron chi connectivity index (χ3n) is 3.61. The van der Waals surface area contributed by atoms with Gasteiger partial charge in [0.15, 0.2) is 0 Å². The van der Waals surface area contributed by atoms with Crippen LogP contribution in [0.4, 0.5) is 0 Å².